The largest absolute Gasteiger partial charge is 0.490 e. The average molecular weight is 511 g/mol. The number of hydrogen-bond donors (Lipinski definition) is 5. The van der Waals surface area contributed by atoms with Gasteiger partial charge in [-0.25, -0.2) is 0 Å². The van der Waals surface area contributed by atoms with Crippen LogP contribution in [0.1, 0.15) is 38.2 Å². The molecule has 6 unspecified atom stereocenters. The van der Waals surface area contributed by atoms with Gasteiger partial charge in [-0.05, 0) is 56.2 Å². The van der Waals surface area contributed by atoms with Gasteiger partial charge in [-0.2, -0.15) is 0 Å². The van der Waals surface area contributed by atoms with Gasteiger partial charge < -0.3 is 48.9 Å². The molecule has 1 aromatic heterocycles. The first kappa shape index (κ1) is 26.6. The lowest BCUT2D eigenvalue weighted by Gasteiger charge is -2.59. The Hall–Kier alpha value is -2.41. The summed E-state index contributed by atoms with van der Waals surface area (Å²) in [7, 11) is 1.41. The van der Waals surface area contributed by atoms with Gasteiger partial charge in [-0.1, -0.05) is 0 Å². The number of carbonyl (C=O) groups is 1. The standard InChI is InChI=1S/C25H34O11/c1-3-33-18(28)5-4-14-12-15-8-11-34-19(15)21(32-2)20(14)36-23-25(31)16(7-10-26)6-9-24(30,22(25)29)17(13-27)35-23/h8,11-12,16-17,22-23,26-27,29-31H,3-7,9-10,13H2,1-2H3. The van der Waals surface area contributed by atoms with Gasteiger partial charge in [-0.3, -0.25) is 4.79 Å². The van der Waals surface area contributed by atoms with Crippen molar-refractivity contribution in [1.82, 2.24) is 0 Å². The van der Waals surface area contributed by atoms with Crippen LogP contribution in [0, 0.1) is 5.92 Å². The minimum atomic E-state index is -2.12. The second-order valence-electron chi connectivity index (χ2n) is 9.33. The fraction of sp³-hybridized carbons (Fsp3) is 0.640. The Bertz CT molecular complexity index is 1070. The van der Waals surface area contributed by atoms with Gasteiger partial charge in [0.2, 0.25) is 12.0 Å². The molecule has 1 saturated carbocycles. The van der Waals surface area contributed by atoms with E-state index in [2.05, 4.69) is 0 Å². The molecule has 0 amide bonds. The zero-order chi connectivity index (χ0) is 26.1. The van der Waals surface area contributed by atoms with Crippen LogP contribution in [0.15, 0.2) is 22.8 Å². The number of aliphatic hydroxyl groups is 5. The van der Waals surface area contributed by atoms with Gasteiger partial charge >= 0.3 is 5.97 Å². The molecule has 0 radical (unpaired) electrons. The summed E-state index contributed by atoms with van der Waals surface area (Å²) in [5.41, 5.74) is -3.13. The number of furan rings is 1. The average Bonchev–Trinajstić information content (AvgIpc) is 3.33. The molecule has 5 N–H and O–H groups in total. The van der Waals surface area contributed by atoms with Crippen molar-refractivity contribution in [2.24, 2.45) is 5.92 Å². The number of carbonyl (C=O) groups excluding carboxylic acids is 1. The second kappa shape index (κ2) is 10.5. The van der Waals surface area contributed by atoms with Crippen molar-refractivity contribution < 1.29 is 53.7 Å². The van der Waals surface area contributed by atoms with Crippen LogP contribution in [0.3, 0.4) is 0 Å². The maximum Gasteiger partial charge on any atom is 0.306 e. The van der Waals surface area contributed by atoms with Crippen LogP contribution in [0.5, 0.6) is 11.5 Å². The van der Waals surface area contributed by atoms with E-state index in [-0.39, 0.29) is 56.8 Å². The van der Waals surface area contributed by atoms with Crippen molar-refractivity contribution >= 4 is 16.9 Å². The highest BCUT2D eigenvalue weighted by Crippen LogP contribution is 2.51. The van der Waals surface area contributed by atoms with Crippen LogP contribution in [0.25, 0.3) is 11.0 Å². The van der Waals surface area contributed by atoms with E-state index in [0.717, 1.165) is 0 Å². The molecule has 36 heavy (non-hydrogen) atoms. The number of aliphatic hydroxyl groups excluding tert-OH is 3. The summed E-state index contributed by atoms with van der Waals surface area (Å²) in [6.45, 7) is 1.06. The second-order valence-corrected chi connectivity index (χ2v) is 9.33. The number of fused-ring (bicyclic) bond motifs is 3. The normalized spacial score (nSPS) is 31.9. The van der Waals surface area contributed by atoms with E-state index < -0.39 is 48.2 Å². The molecule has 2 fully saturated rings. The molecule has 4 rings (SSSR count). The Morgan fingerprint density at radius 2 is 2.03 bits per heavy atom. The van der Waals surface area contributed by atoms with Crippen LogP contribution in [0.4, 0.5) is 0 Å². The SMILES string of the molecule is CCOC(=O)CCc1cc2ccoc2c(OC)c1OC1OC(CO)C2(O)CCC(CCO)C1(O)C2O. The van der Waals surface area contributed by atoms with Crippen molar-refractivity contribution in [1.29, 1.82) is 0 Å². The Balaban J connectivity index is 1.78. The van der Waals surface area contributed by atoms with Crippen molar-refractivity contribution in [2.45, 2.75) is 68.7 Å². The lowest BCUT2D eigenvalue weighted by Crippen LogP contribution is -2.78. The molecular weight excluding hydrogens is 476 g/mol. The lowest BCUT2D eigenvalue weighted by molar-refractivity contribution is -0.380. The van der Waals surface area contributed by atoms with E-state index in [4.69, 9.17) is 23.4 Å². The summed E-state index contributed by atoms with van der Waals surface area (Å²) >= 11 is 0. The number of ether oxygens (including phenoxy) is 4. The minimum absolute atomic E-state index is 0.0429. The third kappa shape index (κ3) is 4.33. The highest BCUT2D eigenvalue weighted by atomic mass is 16.7. The predicted octanol–water partition coefficient (Wildman–Crippen LogP) is 0.649. The van der Waals surface area contributed by atoms with E-state index in [1.807, 2.05) is 0 Å². The molecule has 200 valence electrons. The number of aryl methyl sites for hydroxylation is 1. The summed E-state index contributed by atoms with van der Waals surface area (Å²) in [6.07, 6.45) is -2.36. The molecule has 6 atom stereocenters. The van der Waals surface area contributed by atoms with Gasteiger partial charge in [0.25, 0.3) is 0 Å². The third-order valence-corrected chi connectivity index (χ3v) is 7.39. The summed E-state index contributed by atoms with van der Waals surface area (Å²) in [4.78, 5) is 12.1. The molecule has 2 aliphatic rings. The molecular formula is C25H34O11. The molecule has 1 aromatic carbocycles. The van der Waals surface area contributed by atoms with Crippen LogP contribution >= 0.6 is 0 Å². The van der Waals surface area contributed by atoms with Crippen molar-refractivity contribution in [2.75, 3.05) is 26.9 Å². The van der Waals surface area contributed by atoms with Gasteiger partial charge in [0, 0.05) is 18.4 Å². The maximum absolute atomic E-state index is 12.1. The highest BCUT2D eigenvalue weighted by Gasteiger charge is 2.68. The molecule has 1 aliphatic heterocycles. The van der Waals surface area contributed by atoms with E-state index in [9.17, 15) is 30.3 Å². The Morgan fingerprint density at radius 1 is 1.25 bits per heavy atom. The number of rotatable bonds is 10. The zero-order valence-electron chi connectivity index (χ0n) is 20.4. The van der Waals surface area contributed by atoms with Gasteiger partial charge in [0.05, 0.1) is 26.6 Å². The van der Waals surface area contributed by atoms with E-state index >= 15 is 0 Å². The van der Waals surface area contributed by atoms with Crippen LogP contribution in [0.2, 0.25) is 0 Å². The first-order valence-electron chi connectivity index (χ1n) is 12.1. The molecule has 11 heteroatoms. The highest BCUT2D eigenvalue weighted by molar-refractivity contribution is 5.87. The van der Waals surface area contributed by atoms with E-state index in [1.165, 1.54) is 13.4 Å². The Morgan fingerprint density at radius 3 is 2.69 bits per heavy atom. The first-order chi connectivity index (χ1) is 17.2. The molecule has 2 aromatic rings. The van der Waals surface area contributed by atoms with Crippen LogP contribution in [-0.4, -0.2) is 88.1 Å². The van der Waals surface area contributed by atoms with Gasteiger partial charge in [0.15, 0.2) is 16.9 Å². The number of methoxy groups -OCH3 is 1. The number of esters is 1. The van der Waals surface area contributed by atoms with E-state index in [1.54, 1.807) is 19.1 Å². The molecule has 1 aliphatic carbocycles. The summed E-state index contributed by atoms with van der Waals surface area (Å²) < 4.78 is 28.3. The lowest BCUT2D eigenvalue weighted by atomic mass is 9.61. The predicted molar refractivity (Wildman–Crippen MR) is 124 cm³/mol. The molecule has 1 saturated heterocycles. The Labute approximate surface area is 208 Å². The quantitative estimate of drug-likeness (QED) is 0.285. The van der Waals surface area contributed by atoms with Crippen LogP contribution < -0.4 is 9.47 Å². The number of hydrogen-bond acceptors (Lipinski definition) is 11. The maximum atomic E-state index is 12.1. The van der Waals surface area contributed by atoms with Crippen molar-refractivity contribution in [3.63, 3.8) is 0 Å². The van der Waals surface area contributed by atoms with Gasteiger partial charge in [0.1, 0.15) is 17.8 Å². The molecule has 11 nitrogen and oxygen atoms in total. The summed E-state index contributed by atoms with van der Waals surface area (Å²) in [5.74, 6) is -0.776. The fourth-order valence-corrected chi connectivity index (χ4v) is 5.48. The van der Waals surface area contributed by atoms with Crippen LogP contribution in [-0.2, 0) is 20.7 Å². The zero-order valence-corrected chi connectivity index (χ0v) is 20.4. The fourth-order valence-electron chi connectivity index (χ4n) is 5.48. The van der Waals surface area contributed by atoms with Gasteiger partial charge in [-0.15, -0.1) is 0 Å². The molecule has 0 spiro atoms. The van der Waals surface area contributed by atoms with E-state index in [0.29, 0.717) is 16.5 Å². The molecule has 2 bridgehead atoms. The minimum Gasteiger partial charge on any atom is -0.490 e. The van der Waals surface area contributed by atoms with Crippen molar-refractivity contribution in [3.8, 4) is 11.5 Å². The third-order valence-electron chi connectivity index (χ3n) is 7.39. The van der Waals surface area contributed by atoms with Crippen molar-refractivity contribution in [3.05, 3.63) is 24.0 Å². The summed E-state index contributed by atoms with van der Waals surface area (Å²) in [5, 5.41) is 54.3. The Kier molecular flexibility index (Phi) is 7.79. The summed E-state index contributed by atoms with van der Waals surface area (Å²) in [6, 6.07) is 3.48. The topological polar surface area (TPSA) is 168 Å². The molecule has 2 heterocycles. The smallest absolute Gasteiger partial charge is 0.306 e. The monoisotopic (exact) mass is 510 g/mol. The number of benzene rings is 1. The first-order valence-corrected chi connectivity index (χ1v) is 12.1.